The molecule has 0 spiro atoms. The second-order valence-corrected chi connectivity index (χ2v) is 11.5. The van der Waals surface area contributed by atoms with Crippen LogP contribution in [0.5, 0.6) is 0 Å². The van der Waals surface area contributed by atoms with Crippen LogP contribution in [0.25, 0.3) is 0 Å². The SMILES string of the molecule is CCCCCCCCCCCCNC(=O)N[C@H](C(=O)N[C@H]1CSCCNC(=O)/C=C/[C@H](C)NC1=O)C(C)C. The summed E-state index contributed by atoms with van der Waals surface area (Å²) in [7, 11) is 0. The Morgan fingerprint density at radius 3 is 2.29 bits per heavy atom. The van der Waals surface area contributed by atoms with Crippen molar-refractivity contribution >= 4 is 35.5 Å². The van der Waals surface area contributed by atoms with Crippen molar-refractivity contribution in [2.24, 2.45) is 5.92 Å². The molecule has 1 rings (SSSR count). The van der Waals surface area contributed by atoms with Gasteiger partial charge in [-0.3, -0.25) is 14.4 Å². The first-order valence-electron chi connectivity index (χ1n) is 14.4. The summed E-state index contributed by atoms with van der Waals surface area (Å²) in [4.78, 5) is 50.1. The Morgan fingerprint density at radius 2 is 1.66 bits per heavy atom. The fourth-order valence-corrected chi connectivity index (χ4v) is 4.98. The van der Waals surface area contributed by atoms with Crippen molar-refractivity contribution in [2.45, 2.75) is 110 Å². The average molecular weight is 554 g/mol. The van der Waals surface area contributed by atoms with Gasteiger partial charge in [-0.15, -0.1) is 0 Å². The second kappa shape index (κ2) is 20.7. The van der Waals surface area contributed by atoms with Crippen LogP contribution < -0.4 is 26.6 Å². The molecule has 0 fully saturated rings. The van der Waals surface area contributed by atoms with Crippen LogP contribution in [0.15, 0.2) is 12.2 Å². The molecule has 9 nitrogen and oxygen atoms in total. The van der Waals surface area contributed by atoms with E-state index in [0.717, 1.165) is 12.8 Å². The quantitative estimate of drug-likeness (QED) is 0.198. The highest BCUT2D eigenvalue weighted by molar-refractivity contribution is 7.99. The molecule has 3 atom stereocenters. The zero-order valence-electron chi connectivity index (χ0n) is 23.9. The van der Waals surface area contributed by atoms with Crippen LogP contribution in [0.1, 0.15) is 91.9 Å². The van der Waals surface area contributed by atoms with Gasteiger partial charge in [-0.1, -0.05) is 84.6 Å². The maximum absolute atomic E-state index is 13.1. The van der Waals surface area contributed by atoms with Gasteiger partial charge in [0.2, 0.25) is 17.7 Å². The summed E-state index contributed by atoms with van der Waals surface area (Å²) in [6.07, 6.45) is 15.3. The molecular weight excluding hydrogens is 502 g/mol. The van der Waals surface area contributed by atoms with Crippen LogP contribution in [-0.2, 0) is 14.4 Å². The molecule has 5 N–H and O–H groups in total. The minimum Gasteiger partial charge on any atom is -0.352 e. The van der Waals surface area contributed by atoms with Gasteiger partial charge in [0.05, 0.1) is 0 Å². The third-order valence-electron chi connectivity index (χ3n) is 6.42. The fourth-order valence-electron chi connectivity index (χ4n) is 4.10. The van der Waals surface area contributed by atoms with Gasteiger partial charge in [0.25, 0.3) is 0 Å². The molecule has 0 aromatic carbocycles. The van der Waals surface area contributed by atoms with Gasteiger partial charge >= 0.3 is 6.03 Å². The summed E-state index contributed by atoms with van der Waals surface area (Å²) >= 11 is 1.47. The number of urea groups is 1. The van der Waals surface area contributed by atoms with E-state index in [1.807, 2.05) is 13.8 Å². The monoisotopic (exact) mass is 553 g/mol. The van der Waals surface area contributed by atoms with E-state index in [4.69, 9.17) is 0 Å². The first kappa shape index (κ1) is 33.8. The largest absolute Gasteiger partial charge is 0.352 e. The molecule has 0 aromatic rings. The number of thioether (sulfide) groups is 1. The van der Waals surface area contributed by atoms with E-state index < -0.39 is 18.0 Å². The second-order valence-electron chi connectivity index (χ2n) is 10.4. The maximum atomic E-state index is 13.1. The summed E-state index contributed by atoms with van der Waals surface area (Å²) < 4.78 is 0. The van der Waals surface area contributed by atoms with Gasteiger partial charge in [-0.25, -0.2) is 4.79 Å². The van der Waals surface area contributed by atoms with Crippen LogP contribution in [-0.4, -0.2) is 66.5 Å². The van der Waals surface area contributed by atoms with E-state index in [0.29, 0.717) is 24.6 Å². The van der Waals surface area contributed by atoms with E-state index in [1.165, 1.54) is 69.2 Å². The van der Waals surface area contributed by atoms with Gasteiger partial charge in [-0.2, -0.15) is 11.8 Å². The van der Waals surface area contributed by atoms with E-state index >= 15 is 0 Å². The van der Waals surface area contributed by atoms with Crippen molar-refractivity contribution < 1.29 is 19.2 Å². The smallest absolute Gasteiger partial charge is 0.315 e. The van der Waals surface area contributed by atoms with Crippen LogP contribution in [0.4, 0.5) is 4.79 Å². The molecule has 0 aromatic heterocycles. The third kappa shape index (κ3) is 15.9. The highest BCUT2D eigenvalue weighted by Crippen LogP contribution is 2.10. The molecule has 0 unspecified atom stereocenters. The Bertz CT molecular complexity index is 747. The van der Waals surface area contributed by atoms with Gasteiger partial charge in [0.15, 0.2) is 0 Å². The lowest BCUT2D eigenvalue weighted by molar-refractivity contribution is -0.130. The van der Waals surface area contributed by atoms with Crippen molar-refractivity contribution in [3.05, 3.63) is 12.2 Å². The average Bonchev–Trinajstić information content (AvgIpc) is 2.87. The standard InChI is InChI=1S/C28H51N5O4S/c1-5-6-7-8-9-10-11-12-13-14-17-30-28(37)33-25(21(2)3)27(36)32-23-20-38-19-18-29-24(34)16-15-22(4)31-26(23)35/h15-16,21-23,25H,5-14,17-20H2,1-4H3,(H,29,34)(H,31,35)(H,32,36)(H2,30,33,37)/b16-15+/t22-,23-,25-/m0/s1. The topological polar surface area (TPSA) is 128 Å². The summed E-state index contributed by atoms with van der Waals surface area (Å²) in [5, 5.41) is 14.1. The van der Waals surface area contributed by atoms with Gasteiger partial charge in [0.1, 0.15) is 12.1 Å². The van der Waals surface area contributed by atoms with Gasteiger partial charge in [-0.05, 0) is 19.3 Å². The lowest BCUT2D eigenvalue weighted by Gasteiger charge is -2.26. The number of rotatable bonds is 15. The molecular formula is C28H51N5O4S. The third-order valence-corrected chi connectivity index (χ3v) is 7.48. The number of carbonyl (C=O) groups is 4. The number of nitrogens with one attached hydrogen (secondary N) is 5. The summed E-state index contributed by atoms with van der Waals surface area (Å²) in [5.74, 6) is -0.0939. The molecule has 1 aliphatic rings. The van der Waals surface area contributed by atoms with Crippen molar-refractivity contribution in [1.29, 1.82) is 0 Å². The summed E-state index contributed by atoms with van der Waals surface area (Å²) in [6.45, 7) is 8.75. The van der Waals surface area contributed by atoms with Crippen molar-refractivity contribution in [3.8, 4) is 0 Å². The Kier molecular flexibility index (Phi) is 18.4. The van der Waals surface area contributed by atoms with Crippen LogP contribution >= 0.6 is 11.8 Å². The van der Waals surface area contributed by atoms with Crippen LogP contribution in [0.3, 0.4) is 0 Å². The number of hydrogen-bond acceptors (Lipinski definition) is 5. The predicted molar refractivity (Wildman–Crippen MR) is 156 cm³/mol. The van der Waals surface area contributed by atoms with Crippen molar-refractivity contribution in [1.82, 2.24) is 26.6 Å². The zero-order chi connectivity index (χ0) is 28.2. The Hall–Kier alpha value is -2.23. The van der Waals surface area contributed by atoms with Crippen molar-refractivity contribution in [2.75, 3.05) is 24.6 Å². The van der Waals surface area contributed by atoms with E-state index in [1.54, 1.807) is 13.0 Å². The number of carbonyl (C=O) groups excluding carboxylic acids is 4. The molecule has 0 bridgehead atoms. The number of hydrogen-bond donors (Lipinski definition) is 5. The van der Waals surface area contributed by atoms with Crippen molar-refractivity contribution in [3.63, 3.8) is 0 Å². The zero-order valence-corrected chi connectivity index (χ0v) is 24.7. The molecule has 38 heavy (non-hydrogen) atoms. The number of unbranched alkanes of at least 4 members (excludes halogenated alkanes) is 9. The molecule has 10 heteroatoms. The molecule has 0 saturated heterocycles. The molecule has 1 heterocycles. The highest BCUT2D eigenvalue weighted by atomic mass is 32.2. The molecule has 5 amide bonds. The van der Waals surface area contributed by atoms with Crippen LogP contribution in [0.2, 0.25) is 0 Å². The highest BCUT2D eigenvalue weighted by Gasteiger charge is 2.29. The molecule has 1 aliphatic heterocycles. The van der Waals surface area contributed by atoms with E-state index in [2.05, 4.69) is 33.5 Å². The number of amides is 5. The minimum absolute atomic E-state index is 0.155. The molecule has 0 saturated carbocycles. The van der Waals surface area contributed by atoms with Gasteiger partial charge in [0, 0.05) is 36.7 Å². The lowest BCUT2D eigenvalue weighted by Crippen LogP contribution is -2.58. The molecule has 0 radical (unpaired) electrons. The van der Waals surface area contributed by atoms with Gasteiger partial charge < -0.3 is 26.6 Å². The maximum Gasteiger partial charge on any atom is 0.315 e. The summed E-state index contributed by atoms with van der Waals surface area (Å²) in [6, 6.07) is -2.26. The van der Waals surface area contributed by atoms with Crippen LogP contribution in [0, 0.1) is 5.92 Å². The lowest BCUT2D eigenvalue weighted by atomic mass is 10.0. The normalized spacial score (nSPS) is 20.3. The summed E-state index contributed by atoms with van der Waals surface area (Å²) in [5.41, 5.74) is 0. The fraction of sp³-hybridized carbons (Fsp3) is 0.786. The Labute approximate surface area is 233 Å². The minimum atomic E-state index is -0.765. The Balaban J connectivity index is 2.45. The molecule has 218 valence electrons. The molecule has 0 aliphatic carbocycles. The Morgan fingerprint density at radius 1 is 1.03 bits per heavy atom. The predicted octanol–water partition coefficient (Wildman–Crippen LogP) is 3.64. The van der Waals surface area contributed by atoms with E-state index in [-0.39, 0.29) is 29.8 Å². The van der Waals surface area contributed by atoms with E-state index in [9.17, 15) is 19.2 Å². The first-order valence-corrected chi connectivity index (χ1v) is 15.6. The first-order chi connectivity index (χ1) is 18.2.